The number of carboxylic acid groups (broad SMARTS) is 1. The molecule has 1 N–H and O–H groups in total. The van der Waals surface area contributed by atoms with Crippen LogP contribution in [-0.2, 0) is 9.47 Å². The van der Waals surface area contributed by atoms with E-state index >= 15 is 0 Å². The minimum atomic E-state index is -1.24. The number of carboxylic acids is 1. The van der Waals surface area contributed by atoms with Gasteiger partial charge in [-0.1, -0.05) is 13.2 Å². The molecule has 6 nitrogen and oxygen atoms in total. The summed E-state index contributed by atoms with van der Waals surface area (Å²) in [6.07, 6.45) is 1.77. The standard InChI is InChI=1S/C13H10O6/c1-3-18-12(16)9-6-5-8(11(14)15)7-10(9)13(17)19-4-2/h3-7H,1-2H2,(H,14,15). The smallest absolute Gasteiger partial charge is 0.343 e. The van der Waals surface area contributed by atoms with Gasteiger partial charge in [0.25, 0.3) is 0 Å². The Morgan fingerprint density at radius 2 is 1.53 bits per heavy atom. The lowest BCUT2D eigenvalue weighted by atomic mass is 10.0. The molecule has 1 rings (SSSR count). The summed E-state index contributed by atoms with van der Waals surface area (Å²) in [7, 11) is 0. The van der Waals surface area contributed by atoms with Crippen LogP contribution in [0.5, 0.6) is 0 Å². The van der Waals surface area contributed by atoms with Gasteiger partial charge in [0, 0.05) is 0 Å². The number of carbonyl (C=O) groups excluding carboxylic acids is 2. The normalized spacial score (nSPS) is 9.26. The Morgan fingerprint density at radius 1 is 1.00 bits per heavy atom. The first-order chi connectivity index (χ1) is 9.01. The van der Waals surface area contributed by atoms with Gasteiger partial charge in [0.05, 0.1) is 29.2 Å². The molecule has 0 amide bonds. The molecule has 0 fully saturated rings. The van der Waals surface area contributed by atoms with E-state index < -0.39 is 17.9 Å². The first-order valence-electron chi connectivity index (χ1n) is 5.02. The third-order valence-corrected chi connectivity index (χ3v) is 2.09. The van der Waals surface area contributed by atoms with E-state index in [4.69, 9.17) is 5.11 Å². The third-order valence-electron chi connectivity index (χ3n) is 2.09. The Balaban J connectivity index is 3.33. The van der Waals surface area contributed by atoms with E-state index in [0.29, 0.717) is 0 Å². The summed E-state index contributed by atoms with van der Waals surface area (Å²) < 4.78 is 9.07. The van der Waals surface area contributed by atoms with E-state index in [-0.39, 0.29) is 16.7 Å². The molecule has 1 aromatic carbocycles. The summed E-state index contributed by atoms with van der Waals surface area (Å²) >= 11 is 0. The molecule has 0 heterocycles. The van der Waals surface area contributed by atoms with Crippen LogP contribution in [0.3, 0.4) is 0 Å². The van der Waals surface area contributed by atoms with Crippen LogP contribution in [0.2, 0.25) is 0 Å². The van der Waals surface area contributed by atoms with E-state index in [1.807, 2.05) is 0 Å². The number of hydrogen-bond acceptors (Lipinski definition) is 5. The van der Waals surface area contributed by atoms with Gasteiger partial charge in [0.2, 0.25) is 0 Å². The monoisotopic (exact) mass is 262 g/mol. The molecule has 0 aliphatic heterocycles. The molecule has 0 bridgehead atoms. The van der Waals surface area contributed by atoms with Crippen molar-refractivity contribution in [1.82, 2.24) is 0 Å². The summed E-state index contributed by atoms with van der Waals surface area (Å²) in [6, 6.07) is 3.36. The van der Waals surface area contributed by atoms with Crippen LogP contribution in [0.25, 0.3) is 0 Å². The fourth-order valence-electron chi connectivity index (χ4n) is 1.30. The lowest BCUT2D eigenvalue weighted by Crippen LogP contribution is -2.12. The molecular formula is C13H10O6. The van der Waals surface area contributed by atoms with Crippen molar-refractivity contribution < 1.29 is 29.0 Å². The lowest BCUT2D eigenvalue weighted by Gasteiger charge is -2.07. The van der Waals surface area contributed by atoms with Gasteiger partial charge >= 0.3 is 17.9 Å². The predicted octanol–water partition coefficient (Wildman–Crippen LogP) is 1.99. The maximum atomic E-state index is 11.6. The van der Waals surface area contributed by atoms with Gasteiger partial charge in [-0.3, -0.25) is 0 Å². The van der Waals surface area contributed by atoms with Gasteiger partial charge in [0.15, 0.2) is 0 Å². The van der Waals surface area contributed by atoms with Crippen LogP contribution in [-0.4, -0.2) is 23.0 Å². The molecule has 0 aliphatic carbocycles. The number of carbonyl (C=O) groups is 3. The largest absolute Gasteiger partial charge is 0.478 e. The van der Waals surface area contributed by atoms with Crippen molar-refractivity contribution in [1.29, 1.82) is 0 Å². The second-order valence-electron chi connectivity index (χ2n) is 3.21. The molecule has 98 valence electrons. The molecule has 1 aromatic rings. The summed E-state index contributed by atoms with van der Waals surface area (Å²) in [6.45, 7) is 6.42. The number of esters is 2. The van der Waals surface area contributed by atoms with Gasteiger partial charge in [-0.2, -0.15) is 0 Å². The van der Waals surface area contributed by atoms with Crippen molar-refractivity contribution in [2.45, 2.75) is 0 Å². The van der Waals surface area contributed by atoms with Crippen LogP contribution in [0.4, 0.5) is 0 Å². The van der Waals surface area contributed by atoms with E-state index in [9.17, 15) is 14.4 Å². The molecular weight excluding hydrogens is 252 g/mol. The topological polar surface area (TPSA) is 89.9 Å². The van der Waals surface area contributed by atoms with E-state index in [1.165, 1.54) is 6.07 Å². The molecule has 19 heavy (non-hydrogen) atoms. The Bertz CT molecular complexity index is 558. The van der Waals surface area contributed by atoms with Gasteiger partial charge in [-0.15, -0.1) is 0 Å². The maximum absolute atomic E-state index is 11.6. The summed E-state index contributed by atoms with van der Waals surface area (Å²) in [5, 5.41) is 8.85. The summed E-state index contributed by atoms with van der Waals surface area (Å²) in [4.78, 5) is 34.0. The highest BCUT2D eigenvalue weighted by Crippen LogP contribution is 2.15. The molecule has 0 atom stereocenters. The molecule has 0 saturated carbocycles. The average Bonchev–Trinajstić information content (AvgIpc) is 2.38. The molecule has 0 spiro atoms. The van der Waals surface area contributed by atoms with Crippen molar-refractivity contribution in [3.05, 3.63) is 60.6 Å². The zero-order valence-electron chi connectivity index (χ0n) is 9.79. The van der Waals surface area contributed by atoms with Crippen molar-refractivity contribution in [2.75, 3.05) is 0 Å². The zero-order valence-corrected chi connectivity index (χ0v) is 9.79. The van der Waals surface area contributed by atoms with Crippen LogP contribution in [0.1, 0.15) is 31.1 Å². The predicted molar refractivity (Wildman–Crippen MR) is 64.6 cm³/mol. The minimum absolute atomic E-state index is 0.128. The van der Waals surface area contributed by atoms with Crippen LogP contribution >= 0.6 is 0 Å². The number of rotatable bonds is 5. The van der Waals surface area contributed by atoms with Gasteiger partial charge in [0.1, 0.15) is 0 Å². The van der Waals surface area contributed by atoms with E-state index in [2.05, 4.69) is 22.6 Å². The fraction of sp³-hybridized carbons (Fsp3) is 0. The van der Waals surface area contributed by atoms with Crippen LogP contribution in [0, 0.1) is 0 Å². The highest BCUT2D eigenvalue weighted by atomic mass is 16.5. The molecule has 0 radical (unpaired) electrons. The van der Waals surface area contributed by atoms with E-state index in [1.54, 1.807) is 0 Å². The van der Waals surface area contributed by atoms with Crippen LogP contribution < -0.4 is 0 Å². The van der Waals surface area contributed by atoms with E-state index in [0.717, 1.165) is 24.7 Å². The third kappa shape index (κ3) is 3.29. The molecule has 0 saturated heterocycles. The summed E-state index contributed by atoms with van der Waals surface area (Å²) in [5.74, 6) is -2.99. The molecule has 0 aliphatic rings. The minimum Gasteiger partial charge on any atom is -0.478 e. The molecule has 6 heteroatoms. The number of hydrogen-bond donors (Lipinski definition) is 1. The van der Waals surface area contributed by atoms with Gasteiger partial charge < -0.3 is 14.6 Å². The Morgan fingerprint density at radius 3 is 2.00 bits per heavy atom. The van der Waals surface area contributed by atoms with Crippen LogP contribution in [0.15, 0.2) is 43.9 Å². The zero-order chi connectivity index (χ0) is 14.4. The first-order valence-corrected chi connectivity index (χ1v) is 5.02. The second kappa shape index (κ2) is 6.15. The number of ether oxygens (including phenoxy) is 2. The fourth-order valence-corrected chi connectivity index (χ4v) is 1.30. The SMILES string of the molecule is C=COC(=O)c1ccc(C(=O)O)cc1C(=O)OC=C. The highest BCUT2D eigenvalue weighted by Gasteiger charge is 2.20. The second-order valence-corrected chi connectivity index (χ2v) is 3.21. The quantitative estimate of drug-likeness (QED) is 0.644. The van der Waals surface area contributed by atoms with Crippen molar-refractivity contribution in [3.8, 4) is 0 Å². The maximum Gasteiger partial charge on any atom is 0.343 e. The van der Waals surface area contributed by atoms with Crippen molar-refractivity contribution in [2.24, 2.45) is 0 Å². The van der Waals surface area contributed by atoms with Gasteiger partial charge in [-0.05, 0) is 18.2 Å². The number of aromatic carboxylic acids is 1. The van der Waals surface area contributed by atoms with Gasteiger partial charge in [-0.25, -0.2) is 14.4 Å². The molecule has 0 unspecified atom stereocenters. The first kappa shape index (κ1) is 14.2. The highest BCUT2D eigenvalue weighted by molar-refractivity contribution is 6.05. The summed E-state index contributed by atoms with van der Waals surface area (Å²) in [5.41, 5.74) is -0.519. The van der Waals surface area contributed by atoms with Crippen molar-refractivity contribution in [3.63, 3.8) is 0 Å². The Hall–Kier alpha value is -2.89. The molecule has 0 aromatic heterocycles. The Labute approximate surface area is 108 Å². The number of benzene rings is 1. The van der Waals surface area contributed by atoms with Crippen molar-refractivity contribution >= 4 is 17.9 Å². The Kier molecular flexibility index (Phi) is 4.59. The lowest BCUT2D eigenvalue weighted by molar-refractivity contribution is 0.0618. The average molecular weight is 262 g/mol.